The van der Waals surface area contributed by atoms with E-state index in [0.29, 0.717) is 25.9 Å². The van der Waals surface area contributed by atoms with Gasteiger partial charge < -0.3 is 10.6 Å². The van der Waals surface area contributed by atoms with Crippen LogP contribution in [0.1, 0.15) is 30.0 Å². The Morgan fingerprint density at radius 2 is 1.96 bits per heavy atom. The van der Waals surface area contributed by atoms with Crippen LogP contribution in [-0.4, -0.2) is 33.3 Å². The second-order valence-corrected chi connectivity index (χ2v) is 5.54. The highest BCUT2D eigenvalue weighted by molar-refractivity contribution is 5.58. The quantitative estimate of drug-likeness (QED) is 0.900. The summed E-state index contributed by atoms with van der Waals surface area (Å²) in [4.78, 5) is 1.67. The van der Waals surface area contributed by atoms with E-state index in [-0.39, 0.29) is 23.2 Å². The van der Waals surface area contributed by atoms with Crippen molar-refractivity contribution in [3.05, 3.63) is 29.3 Å². The summed E-state index contributed by atoms with van der Waals surface area (Å²) in [6, 6.07) is 5.35. The lowest BCUT2D eigenvalue weighted by Crippen LogP contribution is -2.36. The predicted molar refractivity (Wildman–Crippen MR) is 78.9 cm³/mol. The number of benzene rings is 1. The summed E-state index contributed by atoms with van der Waals surface area (Å²) in [5, 5.41) is 19.7. The number of nitrogen functional groups attached to an aromatic ring is 1. The maximum Gasteiger partial charge on any atom is 0.418 e. The molecule has 0 aliphatic carbocycles. The van der Waals surface area contributed by atoms with Gasteiger partial charge in [0, 0.05) is 18.8 Å². The Bertz CT molecular complexity index is 769. The predicted octanol–water partition coefficient (Wildman–Crippen LogP) is 1.99. The molecule has 1 fully saturated rings. The first kappa shape index (κ1) is 16.0. The fraction of sp³-hybridized carbons (Fsp3) is 0.429. The van der Waals surface area contributed by atoms with Crippen molar-refractivity contribution in [3.8, 4) is 6.07 Å². The van der Waals surface area contributed by atoms with Crippen LogP contribution in [0.15, 0.2) is 18.2 Å². The van der Waals surface area contributed by atoms with E-state index < -0.39 is 11.7 Å². The van der Waals surface area contributed by atoms with Crippen LogP contribution in [0.3, 0.4) is 0 Å². The average molecular weight is 337 g/mol. The highest BCUT2D eigenvalue weighted by Crippen LogP contribution is 2.38. The van der Waals surface area contributed by atoms with Gasteiger partial charge in [-0.3, -0.25) is 0 Å². The first-order chi connectivity index (χ1) is 11.4. The number of nitrogens with two attached hydrogens (primary N) is 1. The summed E-state index contributed by atoms with van der Waals surface area (Å²) in [5.41, 5.74) is 4.95. The monoisotopic (exact) mass is 337 g/mol. The molecule has 0 bridgehead atoms. The third-order valence-corrected chi connectivity index (χ3v) is 4.10. The molecule has 1 saturated heterocycles. The minimum Gasteiger partial charge on any atom is -0.371 e. The number of aromatic nitrogens is 4. The van der Waals surface area contributed by atoms with E-state index in [1.54, 1.807) is 11.0 Å². The van der Waals surface area contributed by atoms with Gasteiger partial charge in [0.25, 0.3) is 0 Å². The van der Waals surface area contributed by atoms with Crippen molar-refractivity contribution in [2.75, 3.05) is 23.7 Å². The number of halogens is 3. The third kappa shape index (κ3) is 2.97. The lowest BCUT2D eigenvalue weighted by atomic mass is 10.0. The molecule has 7 nitrogen and oxygen atoms in total. The standard InChI is InChI=1S/C14H14F3N7/c15-14(16,17)11-7-9(8-18)1-2-12(11)23-5-3-10(4-6-23)24-13(19)20-21-22-24/h1-2,7,10H,3-6H2,(H2,19,20,22). The number of rotatable bonds is 2. The van der Waals surface area contributed by atoms with Gasteiger partial charge in [0.05, 0.1) is 23.2 Å². The van der Waals surface area contributed by atoms with E-state index in [1.807, 2.05) is 0 Å². The summed E-state index contributed by atoms with van der Waals surface area (Å²) < 4.78 is 41.4. The topological polar surface area (TPSA) is 96.6 Å². The summed E-state index contributed by atoms with van der Waals surface area (Å²) in [5.74, 6) is 0.197. The van der Waals surface area contributed by atoms with Crippen LogP contribution in [0.25, 0.3) is 0 Å². The molecule has 0 amide bonds. The number of piperidine rings is 1. The molecule has 2 aromatic rings. The fourth-order valence-electron chi connectivity index (χ4n) is 2.92. The smallest absolute Gasteiger partial charge is 0.371 e. The summed E-state index contributed by atoms with van der Waals surface area (Å²) >= 11 is 0. The lowest BCUT2D eigenvalue weighted by Gasteiger charge is -2.34. The molecule has 126 valence electrons. The Hall–Kier alpha value is -2.83. The van der Waals surface area contributed by atoms with Crippen LogP contribution in [0.5, 0.6) is 0 Å². The molecule has 0 radical (unpaired) electrons. The zero-order valence-electron chi connectivity index (χ0n) is 12.5. The first-order valence-corrected chi connectivity index (χ1v) is 7.30. The lowest BCUT2D eigenvalue weighted by molar-refractivity contribution is -0.137. The van der Waals surface area contributed by atoms with Crippen molar-refractivity contribution >= 4 is 11.6 Å². The van der Waals surface area contributed by atoms with E-state index in [2.05, 4.69) is 15.5 Å². The van der Waals surface area contributed by atoms with Gasteiger partial charge in [0.2, 0.25) is 5.95 Å². The van der Waals surface area contributed by atoms with Gasteiger partial charge in [-0.05, 0) is 41.5 Å². The zero-order chi connectivity index (χ0) is 17.3. The zero-order valence-corrected chi connectivity index (χ0v) is 12.5. The summed E-state index contributed by atoms with van der Waals surface area (Å²) in [6.07, 6.45) is -3.36. The van der Waals surface area contributed by atoms with Gasteiger partial charge in [-0.2, -0.15) is 18.4 Å². The van der Waals surface area contributed by atoms with E-state index in [1.165, 1.54) is 16.8 Å². The Labute approximate surface area is 135 Å². The van der Waals surface area contributed by atoms with Gasteiger partial charge in [-0.1, -0.05) is 5.10 Å². The number of tetrazole rings is 1. The van der Waals surface area contributed by atoms with Crippen molar-refractivity contribution in [2.45, 2.75) is 25.1 Å². The normalized spacial score (nSPS) is 16.2. The van der Waals surface area contributed by atoms with Crippen LogP contribution in [0, 0.1) is 11.3 Å². The number of alkyl halides is 3. The maximum atomic E-state index is 13.3. The molecule has 10 heteroatoms. The van der Waals surface area contributed by atoms with Crippen molar-refractivity contribution in [1.82, 2.24) is 20.2 Å². The van der Waals surface area contributed by atoms with E-state index in [9.17, 15) is 13.2 Å². The molecule has 0 unspecified atom stereocenters. The highest BCUT2D eigenvalue weighted by Gasteiger charge is 2.36. The van der Waals surface area contributed by atoms with Crippen LogP contribution in [0.2, 0.25) is 0 Å². The molecule has 2 N–H and O–H groups in total. The molecular weight excluding hydrogens is 323 g/mol. The molecule has 0 saturated carbocycles. The molecule has 2 heterocycles. The second kappa shape index (κ2) is 5.99. The summed E-state index contributed by atoms with van der Waals surface area (Å²) in [7, 11) is 0. The van der Waals surface area contributed by atoms with Crippen molar-refractivity contribution < 1.29 is 13.2 Å². The number of nitriles is 1. The first-order valence-electron chi connectivity index (χ1n) is 7.30. The van der Waals surface area contributed by atoms with Crippen LogP contribution in [-0.2, 0) is 6.18 Å². The molecule has 1 aliphatic heterocycles. The van der Waals surface area contributed by atoms with Crippen LogP contribution in [0.4, 0.5) is 24.8 Å². The van der Waals surface area contributed by atoms with Gasteiger partial charge in [-0.25, -0.2) is 4.68 Å². The molecule has 1 aromatic carbocycles. The Morgan fingerprint density at radius 3 is 2.50 bits per heavy atom. The molecule has 3 rings (SSSR count). The van der Waals surface area contributed by atoms with Crippen molar-refractivity contribution in [2.24, 2.45) is 0 Å². The minimum atomic E-state index is -4.51. The SMILES string of the molecule is N#Cc1ccc(N2CCC(n3nnnc3N)CC2)c(C(F)(F)F)c1. The van der Waals surface area contributed by atoms with E-state index in [0.717, 1.165) is 6.07 Å². The Morgan fingerprint density at radius 1 is 1.25 bits per heavy atom. The minimum absolute atomic E-state index is 0.0116. The molecular formula is C14H14F3N7. The van der Waals surface area contributed by atoms with Gasteiger partial charge in [0.1, 0.15) is 0 Å². The Kier molecular flexibility index (Phi) is 4.01. The highest BCUT2D eigenvalue weighted by atomic mass is 19.4. The van der Waals surface area contributed by atoms with Crippen molar-refractivity contribution in [3.63, 3.8) is 0 Å². The number of hydrogen-bond acceptors (Lipinski definition) is 6. The van der Waals surface area contributed by atoms with Gasteiger partial charge in [-0.15, -0.1) is 0 Å². The largest absolute Gasteiger partial charge is 0.418 e. The Balaban J connectivity index is 1.82. The van der Waals surface area contributed by atoms with Gasteiger partial charge >= 0.3 is 6.18 Å². The third-order valence-electron chi connectivity index (χ3n) is 4.10. The van der Waals surface area contributed by atoms with E-state index >= 15 is 0 Å². The van der Waals surface area contributed by atoms with Gasteiger partial charge in [0.15, 0.2) is 0 Å². The molecule has 24 heavy (non-hydrogen) atoms. The molecule has 1 aromatic heterocycles. The second-order valence-electron chi connectivity index (χ2n) is 5.54. The molecule has 0 spiro atoms. The molecule has 0 atom stereocenters. The number of nitrogens with zero attached hydrogens (tertiary/aromatic N) is 6. The number of hydrogen-bond donors (Lipinski definition) is 1. The summed E-state index contributed by atoms with van der Waals surface area (Å²) in [6.45, 7) is 0.831. The van der Waals surface area contributed by atoms with E-state index in [4.69, 9.17) is 11.0 Å². The maximum absolute atomic E-state index is 13.3. The molecule has 1 aliphatic rings. The fourth-order valence-corrected chi connectivity index (χ4v) is 2.92. The van der Waals surface area contributed by atoms with Crippen LogP contribution < -0.4 is 10.6 Å². The van der Waals surface area contributed by atoms with Crippen LogP contribution >= 0.6 is 0 Å². The average Bonchev–Trinajstić information content (AvgIpc) is 3.00. The number of anilines is 2. The van der Waals surface area contributed by atoms with Crippen molar-refractivity contribution in [1.29, 1.82) is 5.26 Å².